The predicted octanol–water partition coefficient (Wildman–Crippen LogP) is 4.57. The first kappa shape index (κ1) is 32.8. The molecule has 2 amide bonds. The molecule has 0 fully saturated rings. The average Bonchev–Trinajstić information content (AvgIpc) is 2.94. The highest BCUT2D eigenvalue weighted by Crippen LogP contribution is 2.38. The lowest BCUT2D eigenvalue weighted by Crippen LogP contribution is -2.54. The van der Waals surface area contributed by atoms with E-state index in [0.717, 1.165) is 4.31 Å². The summed E-state index contributed by atoms with van der Waals surface area (Å²) in [6.07, 6.45) is -0.659. The number of halogens is 1. The van der Waals surface area contributed by atoms with Gasteiger partial charge in [-0.1, -0.05) is 35.9 Å². The van der Waals surface area contributed by atoms with E-state index in [-0.39, 0.29) is 28.4 Å². The van der Waals surface area contributed by atoms with Crippen LogP contribution in [0.3, 0.4) is 0 Å². The number of carbonyl (C=O) groups is 3. The number of hydrogen-bond donors (Lipinski definition) is 3. The van der Waals surface area contributed by atoms with Crippen LogP contribution in [0.25, 0.3) is 0 Å². The fourth-order valence-corrected chi connectivity index (χ4v) is 6.73. The van der Waals surface area contributed by atoms with E-state index in [4.69, 9.17) is 21.4 Å². The summed E-state index contributed by atoms with van der Waals surface area (Å²) in [5.41, 5.74) is 1.08. The van der Waals surface area contributed by atoms with Crippen LogP contribution in [0.4, 0.5) is 11.4 Å². The van der Waals surface area contributed by atoms with Crippen molar-refractivity contribution in [3.63, 3.8) is 0 Å². The van der Waals surface area contributed by atoms with E-state index < -0.39 is 51.9 Å². The number of nitrogens with zero attached hydrogens (tertiary/aromatic N) is 1. The molecular weight excluding hydrogens is 610 g/mol. The summed E-state index contributed by atoms with van der Waals surface area (Å²) in [5.74, 6) is -2.40. The predicted molar refractivity (Wildman–Crippen MR) is 165 cm³/mol. The molecule has 0 saturated carbocycles. The molecule has 0 bridgehead atoms. The molecule has 1 aliphatic heterocycles. The number of hydrogen-bond acceptors (Lipinski definition) is 8. The fourth-order valence-electron chi connectivity index (χ4n) is 4.59. The van der Waals surface area contributed by atoms with Gasteiger partial charge in [0.15, 0.2) is 0 Å². The molecule has 234 valence electrons. The van der Waals surface area contributed by atoms with Gasteiger partial charge in [-0.3, -0.25) is 18.8 Å². The van der Waals surface area contributed by atoms with Crippen molar-refractivity contribution in [2.45, 2.75) is 70.0 Å². The quantitative estimate of drug-likeness (QED) is 0.227. The Morgan fingerprint density at radius 2 is 1.73 bits per heavy atom. The molecule has 0 aliphatic carbocycles. The Labute approximate surface area is 261 Å². The van der Waals surface area contributed by atoms with Crippen molar-refractivity contribution in [2.24, 2.45) is 0 Å². The van der Waals surface area contributed by atoms with Crippen LogP contribution < -0.4 is 14.9 Å². The van der Waals surface area contributed by atoms with Crippen molar-refractivity contribution in [3.8, 4) is 5.75 Å². The fraction of sp³-hybridized carbons (Fsp3) is 0.323. The first-order valence-electron chi connectivity index (χ1n) is 13.7. The summed E-state index contributed by atoms with van der Waals surface area (Å²) < 4.78 is 29.4. The Bertz CT molecular complexity index is 1690. The van der Waals surface area contributed by atoms with Gasteiger partial charge in [0.25, 0.3) is 10.0 Å². The molecule has 11 nitrogen and oxygen atoms in total. The third-order valence-corrected chi connectivity index (χ3v) is 9.10. The normalized spacial score (nSPS) is 15.6. The van der Waals surface area contributed by atoms with Crippen molar-refractivity contribution in [1.29, 1.82) is 0 Å². The summed E-state index contributed by atoms with van der Waals surface area (Å²) in [7, 11) is -4.40. The maximum absolute atomic E-state index is 14.2. The third-order valence-electron chi connectivity index (χ3n) is 6.73. The smallest absolute Gasteiger partial charge is 0.364 e. The Morgan fingerprint density at radius 1 is 1.07 bits per heavy atom. The third kappa shape index (κ3) is 7.50. The number of phenols is 1. The summed E-state index contributed by atoms with van der Waals surface area (Å²) in [5, 5.41) is 15.3. The van der Waals surface area contributed by atoms with Gasteiger partial charge in [0, 0.05) is 11.4 Å². The molecule has 1 heterocycles. The van der Waals surface area contributed by atoms with Crippen LogP contribution in [0.1, 0.15) is 43.9 Å². The largest absolute Gasteiger partial charge is 0.508 e. The van der Waals surface area contributed by atoms with Gasteiger partial charge in [0.05, 0.1) is 22.7 Å². The number of sulfonamides is 1. The lowest BCUT2D eigenvalue weighted by atomic mass is 10.0. The molecule has 0 saturated heterocycles. The van der Waals surface area contributed by atoms with Crippen LogP contribution in [-0.2, 0) is 40.6 Å². The van der Waals surface area contributed by atoms with Crippen molar-refractivity contribution < 1.29 is 37.7 Å². The minimum Gasteiger partial charge on any atom is -0.508 e. The molecular formula is C31H34ClN3O8S. The minimum atomic E-state index is -4.40. The van der Waals surface area contributed by atoms with E-state index in [1.54, 1.807) is 65.0 Å². The van der Waals surface area contributed by atoms with Crippen LogP contribution in [0.5, 0.6) is 5.75 Å². The number of fused-ring (bicyclic) bond motifs is 1. The maximum atomic E-state index is 14.2. The van der Waals surface area contributed by atoms with Crippen molar-refractivity contribution >= 4 is 50.8 Å². The van der Waals surface area contributed by atoms with E-state index in [1.807, 2.05) is 0 Å². The second kappa shape index (κ2) is 12.8. The molecule has 3 aromatic rings. The van der Waals surface area contributed by atoms with E-state index in [2.05, 4.69) is 10.6 Å². The highest BCUT2D eigenvalue weighted by Gasteiger charge is 2.43. The summed E-state index contributed by atoms with van der Waals surface area (Å²) in [6.45, 7) is 8.28. The zero-order valence-corrected chi connectivity index (χ0v) is 26.5. The number of amides is 2. The number of aryl methyl sites for hydroxylation is 2. The number of phenolic OH excluding ortho intramolecular Hbond substituents is 1. The number of benzene rings is 3. The first-order valence-corrected chi connectivity index (χ1v) is 15.6. The van der Waals surface area contributed by atoms with Crippen molar-refractivity contribution in [2.75, 3.05) is 9.62 Å². The van der Waals surface area contributed by atoms with Gasteiger partial charge in [0.2, 0.25) is 11.8 Å². The van der Waals surface area contributed by atoms with Crippen LogP contribution in [0.2, 0.25) is 5.02 Å². The van der Waals surface area contributed by atoms with Crippen LogP contribution in [0.15, 0.2) is 65.6 Å². The monoisotopic (exact) mass is 643 g/mol. The first-order chi connectivity index (χ1) is 20.6. The lowest BCUT2D eigenvalue weighted by Gasteiger charge is -2.37. The molecule has 44 heavy (non-hydrogen) atoms. The summed E-state index contributed by atoms with van der Waals surface area (Å²) in [6, 6.07) is 12.6. The SMILES string of the molecule is Cc1cc(S(=O)(=O)N2c3ccccc3NC(=O)[C@H]2CC(=O)N[C@@H](Cc2ccc(O)cc2)C(=O)OOC(C)(C)C)c(C)cc1Cl. The molecule has 0 aromatic heterocycles. The standard InChI is InChI=1S/C31H34ClN3O8S/c1-18-15-27(19(2)14-22(18)32)44(40,41)35-25-9-7-6-8-23(25)34-29(38)26(35)17-28(37)33-24(30(39)42-43-31(3,4)5)16-20-10-12-21(36)13-11-20/h6-15,24,26,36H,16-17H2,1-5H3,(H,33,37)(H,34,38)/t24-,26+/m0/s1. The van der Waals surface area contributed by atoms with E-state index in [1.165, 1.54) is 30.3 Å². The Balaban J connectivity index is 1.67. The minimum absolute atomic E-state index is 0.0176. The second-order valence-electron chi connectivity index (χ2n) is 11.5. The summed E-state index contributed by atoms with van der Waals surface area (Å²) >= 11 is 6.23. The second-order valence-corrected chi connectivity index (χ2v) is 13.7. The van der Waals surface area contributed by atoms with E-state index in [0.29, 0.717) is 21.7 Å². The maximum Gasteiger partial charge on any atom is 0.364 e. The molecule has 2 atom stereocenters. The zero-order chi connectivity index (χ0) is 32.4. The van der Waals surface area contributed by atoms with Gasteiger partial charge in [-0.2, -0.15) is 4.89 Å². The van der Waals surface area contributed by atoms with Gasteiger partial charge < -0.3 is 15.7 Å². The van der Waals surface area contributed by atoms with Gasteiger partial charge >= 0.3 is 5.97 Å². The Hall–Kier alpha value is -4.13. The Morgan fingerprint density at radius 3 is 2.39 bits per heavy atom. The van der Waals surface area contributed by atoms with E-state index >= 15 is 0 Å². The van der Waals surface area contributed by atoms with Crippen LogP contribution in [0, 0.1) is 13.8 Å². The topological polar surface area (TPSA) is 151 Å². The summed E-state index contributed by atoms with van der Waals surface area (Å²) in [4.78, 5) is 50.0. The van der Waals surface area contributed by atoms with E-state index in [9.17, 15) is 27.9 Å². The molecule has 3 N–H and O–H groups in total. The molecule has 0 radical (unpaired) electrons. The highest BCUT2D eigenvalue weighted by molar-refractivity contribution is 7.93. The van der Waals surface area contributed by atoms with Crippen molar-refractivity contribution in [3.05, 3.63) is 82.4 Å². The Kier molecular flexibility index (Phi) is 9.57. The average molecular weight is 644 g/mol. The molecule has 0 spiro atoms. The number of rotatable bonds is 9. The van der Waals surface area contributed by atoms with Crippen molar-refractivity contribution in [1.82, 2.24) is 5.32 Å². The van der Waals surface area contributed by atoms with Crippen LogP contribution >= 0.6 is 11.6 Å². The number of nitrogens with one attached hydrogen (secondary N) is 2. The molecule has 0 unspecified atom stereocenters. The van der Waals surface area contributed by atoms with Gasteiger partial charge in [-0.15, -0.1) is 0 Å². The van der Waals surface area contributed by atoms with Crippen LogP contribution in [-0.4, -0.2) is 49.0 Å². The molecule has 1 aliphatic rings. The zero-order valence-electron chi connectivity index (χ0n) is 24.9. The molecule has 4 rings (SSSR count). The van der Waals surface area contributed by atoms with Gasteiger partial charge in [0.1, 0.15) is 23.4 Å². The molecule has 13 heteroatoms. The van der Waals surface area contributed by atoms with Gasteiger partial charge in [-0.25, -0.2) is 13.2 Å². The number of para-hydroxylation sites is 2. The number of anilines is 2. The lowest BCUT2D eigenvalue weighted by molar-refractivity contribution is -0.321. The molecule has 3 aromatic carbocycles. The highest BCUT2D eigenvalue weighted by atomic mass is 35.5. The number of aromatic hydroxyl groups is 1. The number of carbonyl (C=O) groups excluding carboxylic acids is 3. The van der Waals surface area contributed by atoms with Gasteiger partial charge in [-0.05, 0) is 87.7 Å².